The number of hydrogen-bond acceptors (Lipinski definition) is 2. The summed E-state index contributed by atoms with van der Waals surface area (Å²) in [6.45, 7) is 14.9. The zero-order valence-electron chi connectivity index (χ0n) is 11.0. The molecular formula is C12H27NOSi. The molecule has 0 radical (unpaired) electrons. The van der Waals surface area contributed by atoms with Gasteiger partial charge in [-0.2, -0.15) is 0 Å². The van der Waals surface area contributed by atoms with E-state index in [1.807, 2.05) is 0 Å². The van der Waals surface area contributed by atoms with E-state index >= 15 is 0 Å². The van der Waals surface area contributed by atoms with Crippen LogP contribution in [0.2, 0.25) is 18.1 Å². The third-order valence-corrected chi connectivity index (χ3v) is 8.45. The van der Waals surface area contributed by atoms with Gasteiger partial charge in [0, 0.05) is 6.61 Å². The van der Waals surface area contributed by atoms with E-state index in [1.54, 1.807) is 0 Å². The molecule has 0 atom stereocenters. The van der Waals surface area contributed by atoms with E-state index < -0.39 is 8.32 Å². The summed E-state index contributed by atoms with van der Waals surface area (Å²) >= 11 is 0. The SMILES string of the molecule is CC(C)(C)[Si](C)(C)OCC1CCNCC1. The maximum Gasteiger partial charge on any atom is 0.191 e. The van der Waals surface area contributed by atoms with E-state index in [2.05, 4.69) is 39.2 Å². The third-order valence-electron chi connectivity index (χ3n) is 3.94. The second-order valence-electron chi connectivity index (χ2n) is 6.26. The molecular weight excluding hydrogens is 202 g/mol. The lowest BCUT2D eigenvalue weighted by molar-refractivity contribution is 0.199. The Kier molecular flexibility index (Phi) is 4.38. The Morgan fingerprint density at radius 3 is 2.20 bits per heavy atom. The van der Waals surface area contributed by atoms with E-state index in [0.717, 1.165) is 12.5 Å². The fourth-order valence-corrected chi connectivity index (χ4v) is 2.68. The summed E-state index contributed by atoms with van der Waals surface area (Å²) in [4.78, 5) is 0. The number of nitrogens with one attached hydrogen (secondary N) is 1. The molecule has 1 heterocycles. The summed E-state index contributed by atoms with van der Waals surface area (Å²) in [5, 5.41) is 3.75. The molecule has 0 unspecified atom stereocenters. The summed E-state index contributed by atoms with van der Waals surface area (Å²) in [5.74, 6) is 0.792. The van der Waals surface area contributed by atoms with Gasteiger partial charge in [0.25, 0.3) is 0 Å². The van der Waals surface area contributed by atoms with Gasteiger partial charge < -0.3 is 9.74 Å². The molecule has 1 fully saturated rings. The first-order valence-electron chi connectivity index (χ1n) is 6.17. The average Bonchev–Trinajstić information content (AvgIpc) is 2.15. The van der Waals surface area contributed by atoms with Crippen molar-refractivity contribution in [2.24, 2.45) is 5.92 Å². The smallest absolute Gasteiger partial charge is 0.191 e. The second-order valence-corrected chi connectivity index (χ2v) is 11.1. The molecule has 0 aromatic heterocycles. The van der Waals surface area contributed by atoms with Crippen LogP contribution in [0.1, 0.15) is 33.6 Å². The van der Waals surface area contributed by atoms with Crippen molar-refractivity contribution in [3.05, 3.63) is 0 Å². The average molecular weight is 229 g/mol. The third kappa shape index (κ3) is 3.89. The predicted octanol–water partition coefficient (Wildman–Crippen LogP) is 3.01. The molecule has 0 aromatic rings. The van der Waals surface area contributed by atoms with E-state index in [1.165, 1.54) is 25.9 Å². The quantitative estimate of drug-likeness (QED) is 0.751. The molecule has 1 rings (SSSR count). The standard InChI is InChI=1S/C12H27NOSi/c1-12(2,3)15(4,5)14-10-11-6-8-13-9-7-11/h11,13H,6-10H2,1-5H3. The van der Waals surface area contributed by atoms with Gasteiger partial charge in [0.15, 0.2) is 8.32 Å². The zero-order valence-corrected chi connectivity index (χ0v) is 12.0. The van der Waals surface area contributed by atoms with Crippen molar-refractivity contribution >= 4 is 8.32 Å². The van der Waals surface area contributed by atoms with Gasteiger partial charge in [-0.25, -0.2) is 0 Å². The van der Waals surface area contributed by atoms with E-state index in [9.17, 15) is 0 Å². The Morgan fingerprint density at radius 2 is 1.73 bits per heavy atom. The summed E-state index contributed by atoms with van der Waals surface area (Å²) in [7, 11) is -1.51. The van der Waals surface area contributed by atoms with Crippen LogP contribution in [0, 0.1) is 5.92 Å². The Morgan fingerprint density at radius 1 is 1.20 bits per heavy atom. The molecule has 0 spiro atoms. The Labute approximate surface area is 95.9 Å². The second kappa shape index (κ2) is 4.98. The number of hydrogen-bond donors (Lipinski definition) is 1. The highest BCUT2D eigenvalue weighted by atomic mass is 28.4. The van der Waals surface area contributed by atoms with Gasteiger partial charge in [0.2, 0.25) is 0 Å². The monoisotopic (exact) mass is 229 g/mol. The first kappa shape index (κ1) is 13.2. The maximum absolute atomic E-state index is 6.24. The molecule has 15 heavy (non-hydrogen) atoms. The Hall–Kier alpha value is 0.137. The van der Waals surface area contributed by atoms with Crippen LogP contribution in [0.3, 0.4) is 0 Å². The molecule has 0 bridgehead atoms. The van der Waals surface area contributed by atoms with Crippen LogP contribution in [0.15, 0.2) is 0 Å². The van der Waals surface area contributed by atoms with Crippen LogP contribution >= 0.6 is 0 Å². The molecule has 1 N–H and O–H groups in total. The minimum absolute atomic E-state index is 0.347. The number of rotatable bonds is 3. The first-order valence-corrected chi connectivity index (χ1v) is 9.08. The van der Waals surface area contributed by atoms with E-state index in [0.29, 0.717) is 5.04 Å². The largest absolute Gasteiger partial charge is 0.417 e. The highest BCUT2D eigenvalue weighted by Crippen LogP contribution is 2.37. The van der Waals surface area contributed by atoms with Crippen molar-refractivity contribution in [2.75, 3.05) is 19.7 Å². The minimum atomic E-state index is -1.51. The van der Waals surface area contributed by atoms with Crippen molar-refractivity contribution in [3.8, 4) is 0 Å². The first-order chi connectivity index (χ1) is 6.83. The molecule has 1 aliphatic heterocycles. The van der Waals surface area contributed by atoms with Crippen molar-refractivity contribution in [2.45, 2.75) is 51.7 Å². The molecule has 1 aliphatic rings. The Balaban J connectivity index is 2.35. The fraction of sp³-hybridized carbons (Fsp3) is 1.00. The lowest BCUT2D eigenvalue weighted by Crippen LogP contribution is -2.43. The van der Waals surface area contributed by atoms with Gasteiger partial charge in [-0.1, -0.05) is 20.8 Å². The van der Waals surface area contributed by atoms with E-state index in [4.69, 9.17) is 4.43 Å². The fourth-order valence-electron chi connectivity index (χ4n) is 1.59. The highest BCUT2D eigenvalue weighted by Gasteiger charge is 2.37. The lowest BCUT2D eigenvalue weighted by Gasteiger charge is -2.37. The van der Waals surface area contributed by atoms with Gasteiger partial charge in [-0.05, 0) is 50.0 Å². The van der Waals surface area contributed by atoms with Crippen LogP contribution in [0.4, 0.5) is 0 Å². The number of piperidine rings is 1. The summed E-state index contributed by atoms with van der Waals surface area (Å²) in [6.07, 6.45) is 2.57. The van der Waals surface area contributed by atoms with Crippen LogP contribution < -0.4 is 5.32 Å². The summed E-state index contributed by atoms with van der Waals surface area (Å²) in [5.41, 5.74) is 0. The molecule has 3 heteroatoms. The lowest BCUT2D eigenvalue weighted by atomic mass is 10.00. The van der Waals surface area contributed by atoms with Gasteiger partial charge in [0.1, 0.15) is 0 Å². The van der Waals surface area contributed by atoms with Gasteiger partial charge in [-0.3, -0.25) is 0 Å². The normalized spacial score (nSPS) is 20.6. The highest BCUT2D eigenvalue weighted by molar-refractivity contribution is 6.74. The molecule has 1 saturated heterocycles. The summed E-state index contributed by atoms with van der Waals surface area (Å²) in [6, 6.07) is 0. The van der Waals surface area contributed by atoms with Crippen molar-refractivity contribution in [1.82, 2.24) is 5.32 Å². The van der Waals surface area contributed by atoms with Crippen molar-refractivity contribution in [1.29, 1.82) is 0 Å². The molecule has 2 nitrogen and oxygen atoms in total. The molecule has 0 aliphatic carbocycles. The van der Waals surface area contributed by atoms with Gasteiger partial charge in [-0.15, -0.1) is 0 Å². The zero-order chi connectivity index (χ0) is 11.5. The maximum atomic E-state index is 6.24. The molecule has 90 valence electrons. The van der Waals surface area contributed by atoms with Crippen LogP contribution in [0.25, 0.3) is 0 Å². The van der Waals surface area contributed by atoms with E-state index in [-0.39, 0.29) is 0 Å². The van der Waals surface area contributed by atoms with Crippen LogP contribution in [-0.2, 0) is 4.43 Å². The summed E-state index contributed by atoms with van der Waals surface area (Å²) < 4.78 is 6.24. The minimum Gasteiger partial charge on any atom is -0.417 e. The Bertz CT molecular complexity index is 192. The van der Waals surface area contributed by atoms with Crippen molar-refractivity contribution < 1.29 is 4.43 Å². The molecule has 0 saturated carbocycles. The van der Waals surface area contributed by atoms with Gasteiger partial charge in [0.05, 0.1) is 0 Å². The van der Waals surface area contributed by atoms with Crippen LogP contribution in [0.5, 0.6) is 0 Å². The molecule has 0 aromatic carbocycles. The topological polar surface area (TPSA) is 21.3 Å². The molecule has 0 amide bonds. The van der Waals surface area contributed by atoms with Crippen LogP contribution in [-0.4, -0.2) is 28.0 Å². The van der Waals surface area contributed by atoms with Gasteiger partial charge >= 0.3 is 0 Å². The predicted molar refractivity (Wildman–Crippen MR) is 68.7 cm³/mol. The van der Waals surface area contributed by atoms with Crippen molar-refractivity contribution in [3.63, 3.8) is 0 Å².